The molecular formula is C17H27ClN2O3. The van der Waals surface area contributed by atoms with Gasteiger partial charge in [0.1, 0.15) is 0 Å². The number of halogens is 1. The molecule has 0 fully saturated rings. The van der Waals surface area contributed by atoms with Gasteiger partial charge >= 0.3 is 5.97 Å². The summed E-state index contributed by atoms with van der Waals surface area (Å²) in [7, 11) is 0. The summed E-state index contributed by atoms with van der Waals surface area (Å²) in [5.74, 6) is -0.415. The number of anilines is 1. The number of hydrogen-bond donors (Lipinski definition) is 2. The van der Waals surface area contributed by atoms with E-state index < -0.39 is 0 Å². The van der Waals surface area contributed by atoms with E-state index in [1.807, 2.05) is 6.92 Å². The van der Waals surface area contributed by atoms with Gasteiger partial charge in [-0.1, -0.05) is 26.7 Å². The number of nitrogens with one attached hydrogen (secondary N) is 2. The molecule has 6 heteroatoms. The molecule has 1 aromatic rings. The first-order valence-electron chi connectivity index (χ1n) is 7.95. The summed E-state index contributed by atoms with van der Waals surface area (Å²) >= 11 is 0. The van der Waals surface area contributed by atoms with Gasteiger partial charge in [-0.25, -0.2) is 4.79 Å². The van der Waals surface area contributed by atoms with Gasteiger partial charge in [-0.05, 0) is 43.7 Å². The third-order valence-electron chi connectivity index (χ3n) is 3.13. The molecule has 0 aromatic heterocycles. The second-order valence-electron chi connectivity index (χ2n) is 5.15. The van der Waals surface area contributed by atoms with Crippen LogP contribution in [0.4, 0.5) is 5.69 Å². The van der Waals surface area contributed by atoms with Crippen LogP contribution < -0.4 is 10.6 Å². The highest BCUT2D eigenvalue weighted by molar-refractivity contribution is 5.94. The first kappa shape index (κ1) is 21.4. The second kappa shape index (κ2) is 12.9. The van der Waals surface area contributed by atoms with Crippen molar-refractivity contribution in [1.82, 2.24) is 5.32 Å². The van der Waals surface area contributed by atoms with Gasteiger partial charge in [0.05, 0.1) is 18.7 Å². The van der Waals surface area contributed by atoms with Crippen LogP contribution in [-0.4, -0.2) is 31.6 Å². The Morgan fingerprint density at radius 1 is 1.04 bits per heavy atom. The van der Waals surface area contributed by atoms with E-state index in [-0.39, 0.29) is 24.3 Å². The number of carbonyl (C=O) groups excluding carboxylic acids is 2. The van der Waals surface area contributed by atoms with Gasteiger partial charge in [0, 0.05) is 5.69 Å². The van der Waals surface area contributed by atoms with Crippen LogP contribution in [0.15, 0.2) is 24.3 Å². The Bertz CT molecular complexity index is 463. The van der Waals surface area contributed by atoms with Crippen molar-refractivity contribution in [3.63, 3.8) is 0 Å². The molecule has 130 valence electrons. The maximum absolute atomic E-state index is 11.7. The molecule has 0 bridgehead atoms. The quantitative estimate of drug-likeness (QED) is 0.505. The Labute approximate surface area is 144 Å². The van der Waals surface area contributed by atoms with E-state index in [0.717, 1.165) is 32.2 Å². The molecule has 0 aliphatic carbocycles. The Morgan fingerprint density at radius 2 is 1.70 bits per heavy atom. The monoisotopic (exact) mass is 342 g/mol. The van der Waals surface area contributed by atoms with Crippen molar-refractivity contribution >= 4 is 30.0 Å². The number of ether oxygens (including phenoxy) is 1. The molecule has 5 nitrogen and oxygen atoms in total. The van der Waals surface area contributed by atoms with Crippen LogP contribution in [-0.2, 0) is 9.53 Å². The minimum Gasteiger partial charge on any atom is -0.462 e. The maximum atomic E-state index is 11.7. The van der Waals surface area contributed by atoms with Crippen LogP contribution >= 0.6 is 12.4 Å². The summed E-state index contributed by atoms with van der Waals surface area (Å²) in [5.41, 5.74) is 1.17. The molecule has 23 heavy (non-hydrogen) atoms. The Morgan fingerprint density at radius 3 is 2.30 bits per heavy atom. The molecule has 0 aliphatic heterocycles. The lowest BCUT2D eigenvalue weighted by molar-refractivity contribution is -0.115. The largest absolute Gasteiger partial charge is 0.462 e. The average Bonchev–Trinajstić information content (AvgIpc) is 2.52. The summed E-state index contributed by atoms with van der Waals surface area (Å²) in [6.07, 6.45) is 4.02. The molecule has 0 unspecified atom stereocenters. The molecule has 0 saturated carbocycles. The standard InChI is InChI=1S/C17H26N2O3.ClH/c1-3-5-11-18-13-16(20)19-15-9-7-14(8-10-15)17(21)22-12-6-4-2;/h7-10,18H,3-6,11-13H2,1-2H3,(H,19,20);1H. The van der Waals surface area contributed by atoms with E-state index in [9.17, 15) is 9.59 Å². The highest BCUT2D eigenvalue weighted by atomic mass is 35.5. The van der Waals surface area contributed by atoms with Crippen molar-refractivity contribution < 1.29 is 14.3 Å². The zero-order chi connectivity index (χ0) is 16.2. The van der Waals surface area contributed by atoms with Crippen LogP contribution in [0, 0.1) is 0 Å². The zero-order valence-corrected chi connectivity index (χ0v) is 14.7. The molecule has 1 aromatic carbocycles. The second-order valence-corrected chi connectivity index (χ2v) is 5.15. The fourth-order valence-corrected chi connectivity index (χ4v) is 1.79. The topological polar surface area (TPSA) is 67.4 Å². The third kappa shape index (κ3) is 9.21. The van der Waals surface area contributed by atoms with Gasteiger partial charge in [0.2, 0.25) is 5.91 Å². The van der Waals surface area contributed by atoms with Crippen LogP contribution in [0.1, 0.15) is 49.9 Å². The SMILES string of the molecule is CCCCNCC(=O)Nc1ccc(C(=O)OCCCC)cc1.Cl. The third-order valence-corrected chi connectivity index (χ3v) is 3.13. The van der Waals surface area contributed by atoms with E-state index in [2.05, 4.69) is 17.6 Å². The summed E-state index contributed by atoms with van der Waals surface area (Å²) in [6, 6.07) is 6.74. The number of hydrogen-bond acceptors (Lipinski definition) is 4. The lowest BCUT2D eigenvalue weighted by Gasteiger charge is -2.08. The van der Waals surface area contributed by atoms with Crippen molar-refractivity contribution in [3.8, 4) is 0 Å². The maximum Gasteiger partial charge on any atom is 0.338 e. The van der Waals surface area contributed by atoms with Crippen molar-refractivity contribution in [2.45, 2.75) is 39.5 Å². The Kier molecular flexibility index (Phi) is 12.0. The molecule has 0 heterocycles. The summed E-state index contributed by atoms with van der Waals surface area (Å²) in [6.45, 7) is 5.73. The fraction of sp³-hybridized carbons (Fsp3) is 0.529. The molecule has 0 spiro atoms. The van der Waals surface area contributed by atoms with Crippen LogP contribution in [0.5, 0.6) is 0 Å². The van der Waals surface area contributed by atoms with Crippen LogP contribution in [0.25, 0.3) is 0 Å². The van der Waals surface area contributed by atoms with Gasteiger partial charge in [0.25, 0.3) is 0 Å². The predicted molar refractivity (Wildman–Crippen MR) is 95.3 cm³/mol. The number of unbranched alkanes of at least 4 members (excludes halogenated alkanes) is 2. The lowest BCUT2D eigenvalue weighted by Crippen LogP contribution is -2.28. The molecule has 1 amide bonds. The number of carbonyl (C=O) groups is 2. The summed E-state index contributed by atoms with van der Waals surface area (Å²) in [4.78, 5) is 23.4. The van der Waals surface area contributed by atoms with Gasteiger partial charge < -0.3 is 15.4 Å². The molecule has 0 saturated heterocycles. The van der Waals surface area contributed by atoms with Crippen molar-refractivity contribution in [2.24, 2.45) is 0 Å². The number of esters is 1. The molecular weight excluding hydrogens is 316 g/mol. The Hall–Kier alpha value is -1.59. The highest BCUT2D eigenvalue weighted by Crippen LogP contribution is 2.10. The Balaban J connectivity index is 0.00000484. The molecule has 1 rings (SSSR count). The van der Waals surface area contributed by atoms with Gasteiger partial charge in [0.15, 0.2) is 0 Å². The summed E-state index contributed by atoms with van der Waals surface area (Å²) < 4.78 is 5.13. The molecule has 2 N–H and O–H groups in total. The van der Waals surface area contributed by atoms with Crippen LogP contribution in [0.2, 0.25) is 0 Å². The van der Waals surface area contributed by atoms with E-state index in [0.29, 0.717) is 24.4 Å². The van der Waals surface area contributed by atoms with E-state index >= 15 is 0 Å². The number of amides is 1. The first-order chi connectivity index (χ1) is 10.7. The number of rotatable bonds is 10. The lowest BCUT2D eigenvalue weighted by atomic mass is 10.2. The van der Waals surface area contributed by atoms with Crippen molar-refractivity contribution in [3.05, 3.63) is 29.8 Å². The van der Waals surface area contributed by atoms with Gasteiger partial charge in [-0.2, -0.15) is 0 Å². The average molecular weight is 343 g/mol. The minimum atomic E-state index is -0.326. The fourth-order valence-electron chi connectivity index (χ4n) is 1.79. The first-order valence-corrected chi connectivity index (χ1v) is 7.95. The van der Waals surface area contributed by atoms with Crippen molar-refractivity contribution in [1.29, 1.82) is 0 Å². The zero-order valence-electron chi connectivity index (χ0n) is 13.9. The van der Waals surface area contributed by atoms with E-state index in [4.69, 9.17) is 4.74 Å². The predicted octanol–water partition coefficient (Wildman–Crippen LogP) is 3.39. The normalized spacial score (nSPS) is 9.83. The van der Waals surface area contributed by atoms with Gasteiger partial charge in [-0.3, -0.25) is 4.79 Å². The van der Waals surface area contributed by atoms with E-state index in [1.54, 1.807) is 24.3 Å². The molecule has 0 atom stereocenters. The summed E-state index contributed by atoms with van der Waals surface area (Å²) in [5, 5.41) is 5.86. The van der Waals surface area contributed by atoms with Crippen LogP contribution in [0.3, 0.4) is 0 Å². The van der Waals surface area contributed by atoms with E-state index in [1.165, 1.54) is 0 Å². The van der Waals surface area contributed by atoms with Gasteiger partial charge in [-0.15, -0.1) is 12.4 Å². The number of benzene rings is 1. The van der Waals surface area contributed by atoms with Crippen molar-refractivity contribution in [2.75, 3.05) is 25.0 Å². The molecule has 0 aliphatic rings. The molecule has 0 radical (unpaired) electrons. The smallest absolute Gasteiger partial charge is 0.338 e. The minimum absolute atomic E-state index is 0. The highest BCUT2D eigenvalue weighted by Gasteiger charge is 2.07.